The van der Waals surface area contributed by atoms with Gasteiger partial charge in [-0.1, -0.05) is 0 Å². The number of pyridine rings is 1. The Kier molecular flexibility index (Phi) is 3.74. The number of ether oxygens (including phenoxy) is 1. The fraction of sp³-hybridized carbons (Fsp3) is 0.625. The van der Waals surface area contributed by atoms with Crippen molar-refractivity contribution in [3.8, 4) is 0 Å². The normalized spacial score (nSPS) is 24.0. The van der Waals surface area contributed by atoms with Crippen LogP contribution in [0.5, 0.6) is 0 Å². The SMILES string of the molecule is CC(C)(C)OC(=O)N1CC2CCC1CN2c1ccc(N)c(N)n1. The van der Waals surface area contributed by atoms with Gasteiger partial charge in [0, 0.05) is 19.1 Å². The van der Waals surface area contributed by atoms with Gasteiger partial charge in [0.1, 0.15) is 17.2 Å². The van der Waals surface area contributed by atoms with Crippen LogP contribution in [0, 0.1) is 0 Å². The van der Waals surface area contributed by atoms with E-state index >= 15 is 0 Å². The molecule has 1 aromatic rings. The zero-order chi connectivity index (χ0) is 16.8. The van der Waals surface area contributed by atoms with Gasteiger partial charge in [-0.2, -0.15) is 0 Å². The van der Waals surface area contributed by atoms with E-state index in [1.54, 1.807) is 6.07 Å². The Morgan fingerprint density at radius 2 is 1.91 bits per heavy atom. The van der Waals surface area contributed by atoms with E-state index in [2.05, 4.69) is 9.88 Å². The van der Waals surface area contributed by atoms with Crippen molar-refractivity contribution in [2.45, 2.75) is 51.3 Å². The number of nitrogens with zero attached hydrogens (tertiary/aromatic N) is 3. The molecule has 7 heteroatoms. The largest absolute Gasteiger partial charge is 0.444 e. The number of nitrogens with two attached hydrogens (primary N) is 2. The average molecular weight is 319 g/mol. The highest BCUT2D eigenvalue weighted by molar-refractivity contribution is 5.70. The monoisotopic (exact) mass is 319 g/mol. The van der Waals surface area contributed by atoms with Crippen LogP contribution in [0.2, 0.25) is 0 Å². The van der Waals surface area contributed by atoms with Gasteiger partial charge in [-0.3, -0.25) is 0 Å². The van der Waals surface area contributed by atoms with Crippen LogP contribution in [0.15, 0.2) is 12.1 Å². The lowest BCUT2D eigenvalue weighted by atomic mass is 9.91. The maximum atomic E-state index is 12.4. The summed E-state index contributed by atoms with van der Waals surface area (Å²) in [5, 5.41) is 0. The van der Waals surface area contributed by atoms with Gasteiger partial charge in [-0.05, 0) is 45.7 Å². The first-order valence-electron chi connectivity index (χ1n) is 8.03. The minimum Gasteiger partial charge on any atom is -0.444 e. The molecular weight excluding hydrogens is 294 g/mol. The molecule has 3 saturated heterocycles. The lowest BCUT2D eigenvalue weighted by molar-refractivity contribution is 0.000790. The zero-order valence-corrected chi connectivity index (χ0v) is 14.0. The van der Waals surface area contributed by atoms with Crippen LogP contribution in [-0.4, -0.2) is 46.8 Å². The topological polar surface area (TPSA) is 97.7 Å². The molecule has 2 bridgehead atoms. The number of aromatic nitrogens is 1. The van der Waals surface area contributed by atoms with Gasteiger partial charge in [0.25, 0.3) is 0 Å². The molecule has 4 N–H and O–H groups in total. The molecule has 0 aliphatic carbocycles. The number of amides is 1. The lowest BCUT2D eigenvalue weighted by Gasteiger charge is -2.51. The second-order valence-corrected chi connectivity index (χ2v) is 7.31. The van der Waals surface area contributed by atoms with Gasteiger partial charge in [0.2, 0.25) is 0 Å². The predicted octanol–water partition coefficient (Wildman–Crippen LogP) is 1.83. The summed E-state index contributed by atoms with van der Waals surface area (Å²) in [4.78, 5) is 20.9. The fourth-order valence-electron chi connectivity index (χ4n) is 3.29. The Balaban J connectivity index is 1.74. The van der Waals surface area contributed by atoms with Crippen molar-refractivity contribution < 1.29 is 9.53 Å². The van der Waals surface area contributed by atoms with Crippen molar-refractivity contribution in [1.82, 2.24) is 9.88 Å². The first-order valence-corrected chi connectivity index (χ1v) is 8.03. The first-order chi connectivity index (χ1) is 10.7. The van der Waals surface area contributed by atoms with Gasteiger partial charge in [-0.15, -0.1) is 0 Å². The number of nitrogen functional groups attached to an aromatic ring is 2. The molecule has 3 fully saturated rings. The Morgan fingerprint density at radius 3 is 2.48 bits per heavy atom. The average Bonchev–Trinajstić information content (AvgIpc) is 2.48. The highest BCUT2D eigenvalue weighted by Crippen LogP contribution is 2.33. The van der Waals surface area contributed by atoms with Crippen LogP contribution in [0.3, 0.4) is 0 Å². The van der Waals surface area contributed by atoms with Gasteiger partial charge in [0.05, 0.1) is 11.7 Å². The summed E-state index contributed by atoms with van der Waals surface area (Å²) in [7, 11) is 0. The zero-order valence-electron chi connectivity index (χ0n) is 14.0. The Bertz CT molecular complexity index is 613. The predicted molar refractivity (Wildman–Crippen MR) is 90.2 cm³/mol. The first kappa shape index (κ1) is 15.7. The van der Waals surface area contributed by atoms with Crippen LogP contribution < -0.4 is 16.4 Å². The third kappa shape index (κ3) is 3.13. The number of hydrogen-bond acceptors (Lipinski definition) is 6. The molecule has 1 aromatic heterocycles. The second kappa shape index (κ2) is 5.47. The number of rotatable bonds is 1. The van der Waals surface area contributed by atoms with Crippen molar-refractivity contribution in [1.29, 1.82) is 0 Å². The summed E-state index contributed by atoms with van der Waals surface area (Å²) in [5.74, 6) is 1.18. The number of carbonyl (C=O) groups excluding carboxylic acids is 1. The second-order valence-electron chi connectivity index (χ2n) is 7.31. The summed E-state index contributed by atoms with van der Waals surface area (Å²) in [6.07, 6.45) is 1.80. The van der Waals surface area contributed by atoms with Gasteiger partial charge < -0.3 is 26.0 Å². The Labute approximate surface area is 136 Å². The molecule has 3 aliphatic rings. The molecule has 0 spiro atoms. The number of fused-ring (bicyclic) bond motifs is 3. The summed E-state index contributed by atoms with van der Waals surface area (Å²) < 4.78 is 5.52. The number of anilines is 3. The number of carbonyl (C=O) groups is 1. The van der Waals surface area contributed by atoms with Crippen LogP contribution >= 0.6 is 0 Å². The van der Waals surface area contributed by atoms with Crippen molar-refractivity contribution in [3.05, 3.63) is 12.1 Å². The minimum absolute atomic E-state index is 0.149. The fourth-order valence-corrected chi connectivity index (χ4v) is 3.29. The van der Waals surface area contributed by atoms with Crippen molar-refractivity contribution in [2.24, 2.45) is 0 Å². The molecule has 0 saturated carbocycles. The van der Waals surface area contributed by atoms with Crippen LogP contribution in [-0.2, 0) is 4.74 Å². The minimum atomic E-state index is -0.472. The molecule has 126 valence electrons. The van der Waals surface area contributed by atoms with Gasteiger partial charge in [-0.25, -0.2) is 9.78 Å². The third-order valence-electron chi connectivity index (χ3n) is 4.39. The third-order valence-corrected chi connectivity index (χ3v) is 4.39. The quantitative estimate of drug-likeness (QED) is 0.819. The molecule has 4 heterocycles. The maximum absolute atomic E-state index is 12.4. The summed E-state index contributed by atoms with van der Waals surface area (Å²) in [6.45, 7) is 7.08. The van der Waals surface area contributed by atoms with Gasteiger partial charge >= 0.3 is 6.09 Å². The molecule has 2 unspecified atom stereocenters. The van der Waals surface area contributed by atoms with E-state index in [9.17, 15) is 4.79 Å². The van der Waals surface area contributed by atoms with Crippen molar-refractivity contribution >= 4 is 23.4 Å². The molecule has 2 atom stereocenters. The molecule has 0 aromatic carbocycles. The van der Waals surface area contributed by atoms with E-state index in [0.717, 1.165) is 25.2 Å². The number of piperazine rings is 1. The van der Waals surface area contributed by atoms with E-state index < -0.39 is 5.60 Å². The van der Waals surface area contributed by atoms with Crippen LogP contribution in [0.4, 0.5) is 22.1 Å². The Hall–Kier alpha value is -2.18. The molecule has 7 nitrogen and oxygen atoms in total. The smallest absolute Gasteiger partial charge is 0.410 e. The van der Waals surface area contributed by atoms with Gasteiger partial charge in [0.15, 0.2) is 0 Å². The van der Waals surface area contributed by atoms with E-state index in [4.69, 9.17) is 16.2 Å². The maximum Gasteiger partial charge on any atom is 0.410 e. The molecule has 4 rings (SSSR count). The van der Waals surface area contributed by atoms with Crippen LogP contribution in [0.1, 0.15) is 33.6 Å². The highest BCUT2D eigenvalue weighted by Gasteiger charge is 2.43. The molecule has 1 amide bonds. The Morgan fingerprint density at radius 1 is 1.22 bits per heavy atom. The molecule has 3 aliphatic heterocycles. The van der Waals surface area contributed by atoms with E-state index in [1.165, 1.54) is 0 Å². The van der Waals surface area contributed by atoms with E-state index in [-0.39, 0.29) is 18.2 Å². The highest BCUT2D eigenvalue weighted by atomic mass is 16.6. The molecular formula is C16H25N5O2. The van der Waals surface area contributed by atoms with E-state index in [1.807, 2.05) is 31.7 Å². The number of hydrogen-bond donors (Lipinski definition) is 2. The van der Waals surface area contributed by atoms with E-state index in [0.29, 0.717) is 18.1 Å². The van der Waals surface area contributed by atoms with Crippen LogP contribution in [0.25, 0.3) is 0 Å². The summed E-state index contributed by atoms with van der Waals surface area (Å²) in [5.41, 5.74) is 11.6. The summed E-state index contributed by atoms with van der Waals surface area (Å²) >= 11 is 0. The van der Waals surface area contributed by atoms with Crippen molar-refractivity contribution in [3.63, 3.8) is 0 Å². The lowest BCUT2D eigenvalue weighted by Crippen LogP contribution is -2.64. The van der Waals surface area contributed by atoms with Crippen molar-refractivity contribution in [2.75, 3.05) is 29.5 Å². The standard InChI is InChI=1S/C16H25N5O2/c1-16(2,3)23-15(22)21-9-10-4-5-11(21)8-20(10)13-7-6-12(17)14(18)19-13/h6-7,10-11H,4-5,8-9,17H2,1-3H3,(H2,18,19). The molecule has 23 heavy (non-hydrogen) atoms. The summed E-state index contributed by atoms with van der Waals surface area (Å²) in [6, 6.07) is 4.06. The number of piperidine rings is 2. The molecule has 0 radical (unpaired) electrons.